The fourth-order valence-electron chi connectivity index (χ4n) is 1.96. The first-order valence-electron chi connectivity index (χ1n) is 6.73. The molecule has 0 aliphatic heterocycles. The van der Waals surface area contributed by atoms with Crippen molar-refractivity contribution in [3.63, 3.8) is 0 Å². The minimum Gasteiger partial charge on any atom is -0.335 e. The van der Waals surface area contributed by atoms with Gasteiger partial charge in [-0.1, -0.05) is 17.8 Å². The number of benzene rings is 1. The summed E-state index contributed by atoms with van der Waals surface area (Å²) in [7, 11) is 0. The Hall–Kier alpha value is -2.41. The third kappa shape index (κ3) is 3.25. The number of rotatable bonds is 5. The van der Waals surface area contributed by atoms with Gasteiger partial charge in [0.2, 0.25) is 5.16 Å². The van der Waals surface area contributed by atoms with E-state index < -0.39 is 0 Å². The van der Waals surface area contributed by atoms with Crippen LogP contribution in [0.1, 0.15) is 5.69 Å². The molecular weight excluding hydrogens is 301 g/mol. The Morgan fingerprint density at radius 3 is 2.64 bits per heavy atom. The van der Waals surface area contributed by atoms with E-state index in [-0.39, 0.29) is 5.82 Å². The van der Waals surface area contributed by atoms with E-state index in [1.54, 1.807) is 18.3 Å². The van der Waals surface area contributed by atoms with Gasteiger partial charge < -0.3 is 5.84 Å². The SMILES string of the molecule is Nn1c(SCCc2ccccn2)nnc1-c1ccc(F)cc1. The first kappa shape index (κ1) is 14.5. The van der Waals surface area contributed by atoms with Crippen LogP contribution >= 0.6 is 11.8 Å². The predicted octanol–water partition coefficient (Wildman–Crippen LogP) is 2.53. The van der Waals surface area contributed by atoms with Crippen molar-refractivity contribution >= 4 is 11.8 Å². The van der Waals surface area contributed by atoms with Gasteiger partial charge in [0.05, 0.1) is 0 Å². The molecule has 3 aromatic rings. The Kier molecular flexibility index (Phi) is 4.34. The molecule has 0 bridgehead atoms. The summed E-state index contributed by atoms with van der Waals surface area (Å²) in [5, 5.41) is 8.77. The summed E-state index contributed by atoms with van der Waals surface area (Å²) in [4.78, 5) is 4.27. The number of halogens is 1. The van der Waals surface area contributed by atoms with Crippen molar-refractivity contribution in [3.8, 4) is 11.4 Å². The second-order valence-electron chi connectivity index (χ2n) is 4.60. The van der Waals surface area contributed by atoms with Gasteiger partial charge in [0.1, 0.15) is 5.82 Å². The summed E-state index contributed by atoms with van der Waals surface area (Å²) in [5.41, 5.74) is 1.75. The van der Waals surface area contributed by atoms with Gasteiger partial charge in [-0.3, -0.25) is 4.98 Å². The van der Waals surface area contributed by atoms with E-state index in [0.29, 0.717) is 11.0 Å². The van der Waals surface area contributed by atoms with Crippen LogP contribution in [0.4, 0.5) is 4.39 Å². The summed E-state index contributed by atoms with van der Waals surface area (Å²) in [5.74, 6) is 7.04. The van der Waals surface area contributed by atoms with Crippen LogP contribution in [0.2, 0.25) is 0 Å². The van der Waals surface area contributed by atoms with Crippen molar-refractivity contribution in [1.82, 2.24) is 19.9 Å². The van der Waals surface area contributed by atoms with E-state index in [4.69, 9.17) is 5.84 Å². The zero-order valence-corrected chi connectivity index (χ0v) is 12.5. The van der Waals surface area contributed by atoms with Crippen LogP contribution in [0.15, 0.2) is 53.8 Å². The molecule has 0 saturated carbocycles. The lowest BCUT2D eigenvalue weighted by Crippen LogP contribution is -2.11. The highest BCUT2D eigenvalue weighted by Gasteiger charge is 2.12. The molecular formula is C15H14FN5S. The summed E-state index contributed by atoms with van der Waals surface area (Å²) in [6.45, 7) is 0. The van der Waals surface area contributed by atoms with Crippen molar-refractivity contribution < 1.29 is 4.39 Å². The Morgan fingerprint density at radius 2 is 1.91 bits per heavy atom. The molecule has 2 N–H and O–H groups in total. The molecule has 22 heavy (non-hydrogen) atoms. The van der Waals surface area contributed by atoms with Crippen LogP contribution in [0.5, 0.6) is 0 Å². The first-order valence-corrected chi connectivity index (χ1v) is 7.72. The average Bonchev–Trinajstić information content (AvgIpc) is 2.90. The molecule has 0 saturated heterocycles. The summed E-state index contributed by atoms with van der Waals surface area (Å²) < 4.78 is 14.4. The number of pyridine rings is 1. The molecule has 0 amide bonds. The topological polar surface area (TPSA) is 69.6 Å². The van der Waals surface area contributed by atoms with Crippen molar-refractivity contribution in [2.75, 3.05) is 11.6 Å². The quantitative estimate of drug-likeness (QED) is 0.579. The van der Waals surface area contributed by atoms with Crippen LogP contribution in [0.25, 0.3) is 11.4 Å². The van der Waals surface area contributed by atoms with Gasteiger partial charge in [0, 0.05) is 23.2 Å². The summed E-state index contributed by atoms with van der Waals surface area (Å²) >= 11 is 1.51. The lowest BCUT2D eigenvalue weighted by molar-refractivity contribution is 0.628. The van der Waals surface area contributed by atoms with Crippen LogP contribution in [-0.4, -0.2) is 25.6 Å². The molecule has 0 radical (unpaired) electrons. The highest BCUT2D eigenvalue weighted by atomic mass is 32.2. The number of nitrogens with zero attached hydrogens (tertiary/aromatic N) is 4. The molecule has 0 aliphatic carbocycles. The number of hydrogen-bond acceptors (Lipinski definition) is 5. The van der Waals surface area contributed by atoms with Crippen molar-refractivity contribution in [2.45, 2.75) is 11.6 Å². The van der Waals surface area contributed by atoms with E-state index in [1.165, 1.54) is 28.6 Å². The largest absolute Gasteiger partial charge is 0.335 e. The molecule has 0 atom stereocenters. The van der Waals surface area contributed by atoms with Gasteiger partial charge in [-0.05, 0) is 42.8 Å². The standard InChI is InChI=1S/C15H14FN5S/c16-12-6-4-11(5-7-12)14-19-20-15(21(14)17)22-10-8-13-3-1-2-9-18-13/h1-7,9H,8,10,17H2. The lowest BCUT2D eigenvalue weighted by Gasteiger charge is -2.03. The Bertz CT molecular complexity index is 742. The maximum Gasteiger partial charge on any atom is 0.210 e. The van der Waals surface area contributed by atoms with E-state index >= 15 is 0 Å². The van der Waals surface area contributed by atoms with Gasteiger partial charge in [0.15, 0.2) is 5.82 Å². The van der Waals surface area contributed by atoms with E-state index in [0.717, 1.165) is 23.4 Å². The molecule has 0 fully saturated rings. The molecule has 2 heterocycles. The second kappa shape index (κ2) is 6.57. The van der Waals surface area contributed by atoms with Crippen molar-refractivity contribution in [2.24, 2.45) is 0 Å². The number of thioether (sulfide) groups is 1. The van der Waals surface area contributed by atoms with Gasteiger partial charge in [-0.15, -0.1) is 10.2 Å². The monoisotopic (exact) mass is 315 g/mol. The fraction of sp³-hybridized carbons (Fsp3) is 0.133. The maximum atomic E-state index is 13.0. The van der Waals surface area contributed by atoms with E-state index in [1.807, 2.05) is 18.2 Å². The van der Waals surface area contributed by atoms with Crippen LogP contribution < -0.4 is 5.84 Å². The molecule has 0 spiro atoms. The third-order valence-corrected chi connectivity index (χ3v) is 4.03. The lowest BCUT2D eigenvalue weighted by atomic mass is 10.2. The normalized spacial score (nSPS) is 10.8. The Balaban J connectivity index is 1.67. The van der Waals surface area contributed by atoms with Crippen LogP contribution in [0, 0.1) is 5.82 Å². The highest BCUT2D eigenvalue weighted by molar-refractivity contribution is 7.99. The number of aromatic nitrogens is 4. The number of hydrogen-bond donors (Lipinski definition) is 1. The van der Waals surface area contributed by atoms with Crippen molar-refractivity contribution in [3.05, 3.63) is 60.2 Å². The van der Waals surface area contributed by atoms with Gasteiger partial charge in [-0.2, -0.15) is 0 Å². The minimum atomic E-state index is -0.295. The van der Waals surface area contributed by atoms with Gasteiger partial charge >= 0.3 is 0 Å². The fourth-order valence-corrected chi connectivity index (χ4v) is 2.78. The zero-order chi connectivity index (χ0) is 15.4. The van der Waals surface area contributed by atoms with Gasteiger partial charge in [-0.25, -0.2) is 9.07 Å². The maximum absolute atomic E-state index is 13.0. The molecule has 7 heteroatoms. The predicted molar refractivity (Wildman–Crippen MR) is 84.2 cm³/mol. The van der Waals surface area contributed by atoms with E-state index in [9.17, 15) is 4.39 Å². The van der Waals surface area contributed by atoms with Crippen LogP contribution in [-0.2, 0) is 6.42 Å². The van der Waals surface area contributed by atoms with Crippen molar-refractivity contribution in [1.29, 1.82) is 0 Å². The molecule has 3 rings (SSSR count). The van der Waals surface area contributed by atoms with Gasteiger partial charge in [0.25, 0.3) is 0 Å². The minimum absolute atomic E-state index is 0.295. The van der Waals surface area contributed by atoms with E-state index in [2.05, 4.69) is 15.2 Å². The van der Waals surface area contributed by atoms with Crippen LogP contribution in [0.3, 0.4) is 0 Å². The number of aryl methyl sites for hydroxylation is 1. The molecule has 0 unspecified atom stereocenters. The third-order valence-electron chi connectivity index (χ3n) is 3.08. The summed E-state index contributed by atoms with van der Waals surface area (Å²) in [6.07, 6.45) is 2.60. The first-order chi connectivity index (χ1) is 10.7. The average molecular weight is 315 g/mol. The second-order valence-corrected chi connectivity index (χ2v) is 5.66. The molecule has 112 valence electrons. The zero-order valence-electron chi connectivity index (χ0n) is 11.7. The molecule has 5 nitrogen and oxygen atoms in total. The molecule has 2 aromatic heterocycles. The Morgan fingerprint density at radius 1 is 1.09 bits per heavy atom. The highest BCUT2D eigenvalue weighted by Crippen LogP contribution is 2.22. The molecule has 1 aromatic carbocycles. The number of nitrogen functional groups attached to an aromatic ring is 1. The number of nitrogens with two attached hydrogens (primary N) is 1. The summed E-state index contributed by atoms with van der Waals surface area (Å²) in [6, 6.07) is 11.8. The smallest absolute Gasteiger partial charge is 0.210 e. The molecule has 0 aliphatic rings. The Labute approximate surface area is 131 Å².